The van der Waals surface area contributed by atoms with E-state index in [1.807, 2.05) is 25.1 Å². The lowest BCUT2D eigenvalue weighted by molar-refractivity contribution is -0.118. The van der Waals surface area contributed by atoms with Crippen LogP contribution in [0, 0.1) is 6.92 Å². The van der Waals surface area contributed by atoms with Crippen LogP contribution in [0.4, 0.5) is 5.95 Å². The van der Waals surface area contributed by atoms with Crippen molar-refractivity contribution in [3.05, 3.63) is 23.8 Å². The molecule has 84 valence electrons. The Morgan fingerprint density at radius 3 is 2.94 bits per heavy atom. The summed E-state index contributed by atoms with van der Waals surface area (Å²) in [5, 5.41) is 0. The SMILES string of the molecule is Cc1ccc2c(c1)nc(N)n2CCC(N)=O. The van der Waals surface area contributed by atoms with Gasteiger partial charge < -0.3 is 16.0 Å². The fourth-order valence-electron chi connectivity index (χ4n) is 1.72. The molecule has 16 heavy (non-hydrogen) atoms. The molecular formula is C11H14N4O. The summed E-state index contributed by atoms with van der Waals surface area (Å²) in [5.41, 5.74) is 13.8. The van der Waals surface area contributed by atoms with Gasteiger partial charge in [0.1, 0.15) is 0 Å². The number of nitrogens with zero attached hydrogens (tertiary/aromatic N) is 2. The van der Waals surface area contributed by atoms with Gasteiger partial charge in [-0.05, 0) is 24.6 Å². The molecule has 2 rings (SSSR count). The molecule has 0 bridgehead atoms. The Morgan fingerprint density at radius 2 is 2.25 bits per heavy atom. The highest BCUT2D eigenvalue weighted by Gasteiger charge is 2.08. The van der Waals surface area contributed by atoms with E-state index >= 15 is 0 Å². The molecule has 0 radical (unpaired) electrons. The molecule has 0 atom stereocenters. The number of nitrogens with two attached hydrogens (primary N) is 2. The zero-order chi connectivity index (χ0) is 11.7. The van der Waals surface area contributed by atoms with Gasteiger partial charge in [-0.15, -0.1) is 0 Å². The van der Waals surface area contributed by atoms with Crippen molar-refractivity contribution in [3.63, 3.8) is 0 Å². The fourth-order valence-corrected chi connectivity index (χ4v) is 1.72. The zero-order valence-corrected chi connectivity index (χ0v) is 9.10. The van der Waals surface area contributed by atoms with Crippen LogP contribution in [-0.4, -0.2) is 15.5 Å². The van der Waals surface area contributed by atoms with Crippen LogP contribution >= 0.6 is 0 Å². The number of carbonyl (C=O) groups is 1. The first-order valence-electron chi connectivity index (χ1n) is 5.08. The normalized spacial score (nSPS) is 10.8. The summed E-state index contributed by atoms with van der Waals surface area (Å²) in [4.78, 5) is 15.0. The predicted octanol–water partition coefficient (Wildman–Crippen LogP) is 0.802. The van der Waals surface area contributed by atoms with Gasteiger partial charge in [0.2, 0.25) is 11.9 Å². The van der Waals surface area contributed by atoms with Crippen molar-refractivity contribution in [1.29, 1.82) is 0 Å². The van der Waals surface area contributed by atoms with Gasteiger partial charge in [-0.3, -0.25) is 4.79 Å². The van der Waals surface area contributed by atoms with Crippen LogP contribution in [0.1, 0.15) is 12.0 Å². The number of imidazole rings is 1. The van der Waals surface area contributed by atoms with Crippen LogP contribution in [-0.2, 0) is 11.3 Å². The molecule has 0 saturated carbocycles. The number of hydrogen-bond donors (Lipinski definition) is 2. The van der Waals surface area contributed by atoms with Crippen LogP contribution in [0.3, 0.4) is 0 Å². The molecule has 1 aromatic heterocycles. The number of benzene rings is 1. The second-order valence-electron chi connectivity index (χ2n) is 3.83. The molecule has 0 spiro atoms. The first-order valence-corrected chi connectivity index (χ1v) is 5.08. The van der Waals surface area contributed by atoms with Crippen LogP contribution in [0.25, 0.3) is 11.0 Å². The van der Waals surface area contributed by atoms with Gasteiger partial charge in [0, 0.05) is 13.0 Å². The molecule has 1 aromatic carbocycles. The highest BCUT2D eigenvalue weighted by atomic mass is 16.1. The first kappa shape index (κ1) is 10.5. The number of hydrogen-bond acceptors (Lipinski definition) is 3. The van der Waals surface area contributed by atoms with E-state index in [1.165, 1.54) is 0 Å². The van der Waals surface area contributed by atoms with E-state index in [9.17, 15) is 4.79 Å². The first-order chi connectivity index (χ1) is 7.58. The maximum atomic E-state index is 10.7. The van der Waals surface area contributed by atoms with Crippen molar-refractivity contribution in [2.45, 2.75) is 19.9 Å². The summed E-state index contributed by atoms with van der Waals surface area (Å²) in [7, 11) is 0. The Balaban J connectivity index is 2.43. The lowest BCUT2D eigenvalue weighted by atomic mass is 10.2. The smallest absolute Gasteiger partial charge is 0.219 e. The minimum absolute atomic E-state index is 0.267. The van der Waals surface area contributed by atoms with E-state index in [4.69, 9.17) is 11.5 Å². The second-order valence-corrected chi connectivity index (χ2v) is 3.83. The molecule has 0 aliphatic carbocycles. The Hall–Kier alpha value is -2.04. The third kappa shape index (κ3) is 1.84. The largest absolute Gasteiger partial charge is 0.370 e. The van der Waals surface area contributed by atoms with E-state index in [0.29, 0.717) is 12.5 Å². The number of primary amides is 1. The number of rotatable bonds is 3. The summed E-state index contributed by atoms with van der Waals surface area (Å²) in [6.07, 6.45) is 0.267. The molecular weight excluding hydrogens is 204 g/mol. The highest BCUT2D eigenvalue weighted by molar-refractivity contribution is 5.79. The van der Waals surface area contributed by atoms with E-state index in [2.05, 4.69) is 4.98 Å². The topological polar surface area (TPSA) is 86.9 Å². The van der Waals surface area contributed by atoms with Crippen molar-refractivity contribution >= 4 is 22.9 Å². The van der Waals surface area contributed by atoms with Gasteiger partial charge >= 0.3 is 0 Å². The minimum Gasteiger partial charge on any atom is -0.370 e. The van der Waals surface area contributed by atoms with Crippen molar-refractivity contribution in [1.82, 2.24) is 9.55 Å². The van der Waals surface area contributed by atoms with Gasteiger partial charge in [0.05, 0.1) is 11.0 Å². The quantitative estimate of drug-likeness (QED) is 0.798. The van der Waals surface area contributed by atoms with E-state index in [-0.39, 0.29) is 12.3 Å². The van der Waals surface area contributed by atoms with E-state index in [0.717, 1.165) is 16.6 Å². The Morgan fingerprint density at radius 1 is 1.50 bits per heavy atom. The van der Waals surface area contributed by atoms with Crippen molar-refractivity contribution in [2.75, 3.05) is 5.73 Å². The second kappa shape index (κ2) is 3.84. The molecule has 4 N–H and O–H groups in total. The van der Waals surface area contributed by atoms with Crippen molar-refractivity contribution < 1.29 is 4.79 Å². The average molecular weight is 218 g/mol. The van der Waals surface area contributed by atoms with Gasteiger partial charge in [-0.1, -0.05) is 6.07 Å². The van der Waals surface area contributed by atoms with Crippen LogP contribution in [0.5, 0.6) is 0 Å². The molecule has 5 nitrogen and oxygen atoms in total. The molecule has 1 heterocycles. The average Bonchev–Trinajstić information content (AvgIpc) is 2.50. The van der Waals surface area contributed by atoms with Crippen LogP contribution in [0.2, 0.25) is 0 Å². The number of aromatic nitrogens is 2. The van der Waals surface area contributed by atoms with Crippen molar-refractivity contribution in [2.24, 2.45) is 5.73 Å². The summed E-state index contributed by atoms with van der Waals surface area (Å²) in [5.74, 6) is 0.0789. The Labute approximate surface area is 93.1 Å². The number of anilines is 1. The molecule has 0 aliphatic rings. The molecule has 0 unspecified atom stereocenters. The molecule has 1 amide bonds. The lowest BCUT2D eigenvalue weighted by Crippen LogP contribution is -2.14. The van der Waals surface area contributed by atoms with Crippen LogP contribution in [0.15, 0.2) is 18.2 Å². The predicted molar refractivity (Wildman–Crippen MR) is 62.7 cm³/mol. The van der Waals surface area contributed by atoms with Gasteiger partial charge in [-0.25, -0.2) is 4.98 Å². The molecule has 0 saturated heterocycles. The monoisotopic (exact) mass is 218 g/mol. The van der Waals surface area contributed by atoms with Crippen molar-refractivity contribution in [3.8, 4) is 0 Å². The maximum Gasteiger partial charge on any atom is 0.219 e. The summed E-state index contributed by atoms with van der Waals surface area (Å²) >= 11 is 0. The number of fused-ring (bicyclic) bond motifs is 1. The zero-order valence-electron chi connectivity index (χ0n) is 9.10. The standard InChI is InChI=1S/C11H14N4O/c1-7-2-3-9-8(6-7)14-11(13)15(9)5-4-10(12)16/h2-3,6H,4-5H2,1H3,(H2,12,16)(H2,13,14). The van der Waals surface area contributed by atoms with Gasteiger partial charge in [-0.2, -0.15) is 0 Å². The molecule has 5 heteroatoms. The number of carbonyl (C=O) groups excluding carboxylic acids is 1. The summed E-state index contributed by atoms with van der Waals surface area (Å²) in [6.45, 7) is 2.47. The van der Waals surface area contributed by atoms with Crippen LogP contribution < -0.4 is 11.5 Å². The number of aryl methyl sites for hydroxylation is 2. The Bertz CT molecular complexity index is 544. The van der Waals surface area contributed by atoms with Gasteiger partial charge in [0.15, 0.2) is 0 Å². The highest BCUT2D eigenvalue weighted by Crippen LogP contribution is 2.19. The molecule has 0 fully saturated rings. The number of nitrogen functional groups attached to an aromatic ring is 1. The maximum absolute atomic E-state index is 10.7. The third-order valence-corrected chi connectivity index (χ3v) is 2.52. The van der Waals surface area contributed by atoms with E-state index in [1.54, 1.807) is 4.57 Å². The molecule has 0 aliphatic heterocycles. The Kier molecular flexibility index (Phi) is 2.52. The third-order valence-electron chi connectivity index (χ3n) is 2.52. The lowest BCUT2D eigenvalue weighted by Gasteiger charge is -2.04. The summed E-state index contributed by atoms with van der Waals surface area (Å²) < 4.78 is 1.81. The van der Waals surface area contributed by atoms with Gasteiger partial charge in [0.25, 0.3) is 0 Å². The van der Waals surface area contributed by atoms with E-state index < -0.39 is 0 Å². The minimum atomic E-state index is -0.339. The summed E-state index contributed by atoms with van der Waals surface area (Å²) in [6, 6.07) is 5.91. The fraction of sp³-hybridized carbons (Fsp3) is 0.273. The molecule has 2 aromatic rings. The number of amides is 1.